The molecule has 0 aromatic carbocycles. The first-order chi connectivity index (χ1) is 1.91. The van der Waals surface area contributed by atoms with E-state index in [9.17, 15) is 0 Å². The van der Waals surface area contributed by atoms with Gasteiger partial charge in [0, 0.05) is 6.54 Å². The maximum Gasteiger partial charge on any atom is 0.0104 e. The van der Waals surface area contributed by atoms with Gasteiger partial charge in [-0.1, -0.05) is 6.08 Å². The maximum atomic E-state index is 4.91. The Morgan fingerprint density at radius 1 is 1.80 bits per heavy atom. The minimum absolute atomic E-state index is 0. The van der Waals surface area contributed by atoms with Crippen molar-refractivity contribution in [1.29, 1.82) is 0 Å². The van der Waals surface area contributed by atoms with Crippen LogP contribution in [0, 0.1) is 0 Å². The van der Waals surface area contributed by atoms with E-state index in [1.807, 2.05) is 0 Å². The summed E-state index contributed by atoms with van der Waals surface area (Å²) in [5, 5.41) is 0. The highest BCUT2D eigenvalue weighted by Crippen LogP contribution is 1.40. The van der Waals surface area contributed by atoms with Crippen LogP contribution >= 0.6 is 0 Å². The molecule has 0 aromatic heterocycles. The van der Waals surface area contributed by atoms with Crippen LogP contribution in [-0.2, 0) is 0 Å². The number of halogens is 1. The SMILES string of the molecule is C=CCN.F. The summed E-state index contributed by atoms with van der Waals surface area (Å²) < 4.78 is 0. The molecule has 1 nitrogen and oxygen atoms in total. The van der Waals surface area contributed by atoms with Crippen molar-refractivity contribution in [2.75, 3.05) is 6.54 Å². The van der Waals surface area contributed by atoms with E-state index in [0.717, 1.165) is 0 Å². The van der Waals surface area contributed by atoms with Crippen molar-refractivity contribution in [1.82, 2.24) is 0 Å². The Bertz CT molecular complexity index is 20.9. The third-order valence-corrected chi connectivity index (χ3v) is 0.167. The Kier molecular flexibility index (Phi) is 16.7. The Morgan fingerprint density at radius 3 is 2.00 bits per heavy atom. The molecular formula is C3H8FN. The summed E-state index contributed by atoms with van der Waals surface area (Å²) in [5.41, 5.74) is 4.91. The van der Waals surface area contributed by atoms with Gasteiger partial charge in [-0.2, -0.15) is 0 Å². The molecule has 32 valence electrons. The Balaban J connectivity index is 0. The zero-order valence-electron chi connectivity index (χ0n) is 2.98. The summed E-state index contributed by atoms with van der Waals surface area (Å²) in [4.78, 5) is 0. The predicted octanol–water partition coefficient (Wildman–Crippen LogP) is 0.284. The molecule has 2 N–H and O–H groups in total. The Labute approximate surface area is 30.8 Å². The number of hydrogen-bond acceptors (Lipinski definition) is 1. The van der Waals surface area contributed by atoms with Crippen LogP contribution in [0.3, 0.4) is 0 Å². The van der Waals surface area contributed by atoms with E-state index in [-0.39, 0.29) is 4.70 Å². The quantitative estimate of drug-likeness (QED) is 0.447. The van der Waals surface area contributed by atoms with Gasteiger partial charge >= 0.3 is 0 Å². The van der Waals surface area contributed by atoms with Crippen LogP contribution in [0.2, 0.25) is 0 Å². The number of rotatable bonds is 1. The zero-order chi connectivity index (χ0) is 3.41. The van der Waals surface area contributed by atoms with Crippen molar-refractivity contribution in [2.45, 2.75) is 0 Å². The van der Waals surface area contributed by atoms with Crippen LogP contribution in [0.15, 0.2) is 12.7 Å². The summed E-state index contributed by atoms with van der Waals surface area (Å²) in [5.74, 6) is 0. The second kappa shape index (κ2) is 9.45. The molecule has 0 amide bonds. The second-order valence-electron chi connectivity index (χ2n) is 0.524. The average molecular weight is 77.1 g/mol. The fourth-order valence-electron chi connectivity index (χ4n) is 0. The summed E-state index contributed by atoms with van der Waals surface area (Å²) in [7, 11) is 0. The van der Waals surface area contributed by atoms with Gasteiger partial charge in [0.25, 0.3) is 0 Å². The molecule has 0 atom stereocenters. The molecule has 0 radical (unpaired) electrons. The van der Waals surface area contributed by atoms with Crippen LogP contribution in [0.25, 0.3) is 0 Å². The van der Waals surface area contributed by atoms with Crippen molar-refractivity contribution in [3.8, 4) is 0 Å². The molecular weight excluding hydrogens is 69.0 g/mol. The van der Waals surface area contributed by atoms with E-state index in [1.165, 1.54) is 0 Å². The van der Waals surface area contributed by atoms with Crippen molar-refractivity contribution in [2.24, 2.45) is 5.73 Å². The monoisotopic (exact) mass is 77.1 g/mol. The van der Waals surface area contributed by atoms with Crippen molar-refractivity contribution >= 4 is 0 Å². The molecule has 5 heavy (non-hydrogen) atoms. The number of nitrogens with two attached hydrogens (primary N) is 1. The first-order valence-electron chi connectivity index (χ1n) is 1.22. The highest BCUT2D eigenvalue weighted by molar-refractivity contribution is 4.64. The van der Waals surface area contributed by atoms with Crippen molar-refractivity contribution in [3.05, 3.63) is 12.7 Å². The zero-order valence-corrected chi connectivity index (χ0v) is 2.98. The van der Waals surface area contributed by atoms with Crippen LogP contribution in [0.4, 0.5) is 4.70 Å². The standard InChI is InChI=1S/C3H7N.FH/c1-2-3-4;/h2H,1,3-4H2;1H. The molecule has 0 aromatic rings. The van der Waals surface area contributed by atoms with Gasteiger partial charge in [-0.15, -0.1) is 6.58 Å². The van der Waals surface area contributed by atoms with Gasteiger partial charge in [0.1, 0.15) is 0 Å². The molecule has 0 aliphatic rings. The van der Waals surface area contributed by atoms with Crippen LogP contribution in [0.5, 0.6) is 0 Å². The third kappa shape index (κ3) is 24.3. The number of hydrogen-bond donors (Lipinski definition) is 1. The van der Waals surface area contributed by atoms with E-state index in [4.69, 9.17) is 5.73 Å². The molecule has 0 saturated heterocycles. The minimum atomic E-state index is 0. The largest absolute Gasteiger partial charge is 0.327 e. The highest BCUT2D eigenvalue weighted by atomic mass is 19.0. The lowest BCUT2D eigenvalue weighted by molar-refractivity contribution is 1.11. The van der Waals surface area contributed by atoms with Crippen LogP contribution in [-0.4, -0.2) is 6.54 Å². The second-order valence-corrected chi connectivity index (χ2v) is 0.524. The van der Waals surface area contributed by atoms with E-state index < -0.39 is 0 Å². The summed E-state index contributed by atoms with van der Waals surface area (Å²) in [6.07, 6.45) is 1.65. The van der Waals surface area contributed by atoms with E-state index in [1.54, 1.807) is 6.08 Å². The molecule has 0 rings (SSSR count). The van der Waals surface area contributed by atoms with Crippen molar-refractivity contribution in [3.63, 3.8) is 0 Å². The van der Waals surface area contributed by atoms with E-state index in [0.29, 0.717) is 6.54 Å². The van der Waals surface area contributed by atoms with E-state index in [2.05, 4.69) is 6.58 Å². The Morgan fingerprint density at radius 2 is 2.00 bits per heavy atom. The average Bonchev–Trinajstić information content (AvgIpc) is 1.37. The van der Waals surface area contributed by atoms with Crippen molar-refractivity contribution < 1.29 is 4.70 Å². The first kappa shape index (κ1) is 8.82. The first-order valence-corrected chi connectivity index (χ1v) is 1.22. The lowest BCUT2D eigenvalue weighted by Crippen LogP contribution is -1.90. The van der Waals surface area contributed by atoms with Gasteiger partial charge in [0.2, 0.25) is 0 Å². The lowest BCUT2D eigenvalue weighted by Gasteiger charge is -1.61. The van der Waals surface area contributed by atoms with Gasteiger partial charge in [-0.3, -0.25) is 4.70 Å². The molecule has 0 bridgehead atoms. The molecule has 0 spiro atoms. The molecule has 0 aliphatic heterocycles. The lowest BCUT2D eigenvalue weighted by atomic mass is 10.7. The highest BCUT2D eigenvalue weighted by Gasteiger charge is 1.43. The minimum Gasteiger partial charge on any atom is -0.327 e. The van der Waals surface area contributed by atoms with Gasteiger partial charge in [0.15, 0.2) is 0 Å². The Hall–Kier alpha value is -0.370. The third-order valence-electron chi connectivity index (χ3n) is 0.167. The molecule has 0 unspecified atom stereocenters. The van der Waals surface area contributed by atoms with Gasteiger partial charge in [0.05, 0.1) is 0 Å². The molecule has 0 aliphatic carbocycles. The fraction of sp³-hybridized carbons (Fsp3) is 0.333. The summed E-state index contributed by atoms with van der Waals surface area (Å²) in [6.45, 7) is 3.94. The summed E-state index contributed by atoms with van der Waals surface area (Å²) in [6, 6.07) is 0. The van der Waals surface area contributed by atoms with Crippen LogP contribution in [0.1, 0.15) is 0 Å². The molecule has 0 saturated carbocycles. The topological polar surface area (TPSA) is 26.0 Å². The maximum absolute atomic E-state index is 4.91. The van der Waals surface area contributed by atoms with Crippen LogP contribution < -0.4 is 5.73 Å². The van der Waals surface area contributed by atoms with E-state index >= 15 is 0 Å². The fourth-order valence-corrected chi connectivity index (χ4v) is 0. The van der Waals surface area contributed by atoms with Gasteiger partial charge < -0.3 is 5.73 Å². The predicted molar refractivity (Wildman–Crippen MR) is 21.8 cm³/mol. The molecule has 2 heteroatoms. The van der Waals surface area contributed by atoms with Gasteiger partial charge in [-0.25, -0.2) is 0 Å². The smallest absolute Gasteiger partial charge is 0.0104 e. The molecule has 0 fully saturated rings. The summed E-state index contributed by atoms with van der Waals surface area (Å²) >= 11 is 0. The van der Waals surface area contributed by atoms with Gasteiger partial charge in [-0.05, 0) is 0 Å². The molecule has 0 heterocycles. The normalized spacial score (nSPS) is 5.00.